The molecular formula is C11H8O. The highest BCUT2D eigenvalue weighted by Crippen LogP contribution is 2.22. The van der Waals surface area contributed by atoms with Crippen LogP contribution in [0.15, 0.2) is 18.2 Å². The molecule has 0 bridgehead atoms. The lowest BCUT2D eigenvalue weighted by Crippen LogP contribution is -1.91. The molecule has 0 amide bonds. The van der Waals surface area contributed by atoms with Crippen LogP contribution in [0.3, 0.4) is 0 Å². The molecule has 1 heteroatoms. The van der Waals surface area contributed by atoms with Gasteiger partial charge >= 0.3 is 0 Å². The second kappa shape index (κ2) is 2.49. The van der Waals surface area contributed by atoms with Gasteiger partial charge < -0.3 is 0 Å². The fourth-order valence-electron chi connectivity index (χ4n) is 1.53. The summed E-state index contributed by atoms with van der Waals surface area (Å²) in [7, 11) is 0. The Morgan fingerprint density at radius 2 is 2.17 bits per heavy atom. The van der Waals surface area contributed by atoms with Gasteiger partial charge in [-0.25, -0.2) is 0 Å². The number of terminal acetylenes is 1. The first-order valence-electron chi connectivity index (χ1n) is 3.94. The maximum Gasteiger partial charge on any atom is 0.163 e. The lowest BCUT2D eigenvalue weighted by molar-refractivity contribution is 0.0994. The quantitative estimate of drug-likeness (QED) is 0.523. The first-order chi connectivity index (χ1) is 5.81. The van der Waals surface area contributed by atoms with E-state index in [1.165, 1.54) is 0 Å². The molecule has 0 saturated carbocycles. The highest BCUT2D eigenvalue weighted by atomic mass is 16.1. The maximum atomic E-state index is 11.3. The molecule has 0 heterocycles. The smallest absolute Gasteiger partial charge is 0.163 e. The minimum Gasteiger partial charge on any atom is -0.294 e. The zero-order valence-corrected chi connectivity index (χ0v) is 6.63. The van der Waals surface area contributed by atoms with E-state index in [1.54, 1.807) is 0 Å². The Balaban J connectivity index is 2.59. The zero-order valence-electron chi connectivity index (χ0n) is 6.63. The molecule has 0 radical (unpaired) electrons. The fraction of sp³-hybridized carbons (Fsp3) is 0.182. The van der Waals surface area contributed by atoms with E-state index in [-0.39, 0.29) is 5.78 Å². The Hall–Kier alpha value is -1.55. The van der Waals surface area contributed by atoms with E-state index in [4.69, 9.17) is 6.42 Å². The molecule has 0 N–H and O–H groups in total. The minimum absolute atomic E-state index is 0.224. The van der Waals surface area contributed by atoms with Crippen molar-refractivity contribution in [3.8, 4) is 12.3 Å². The maximum absolute atomic E-state index is 11.3. The summed E-state index contributed by atoms with van der Waals surface area (Å²) in [4.78, 5) is 11.3. The fourth-order valence-corrected chi connectivity index (χ4v) is 1.53. The molecule has 1 nitrogen and oxygen atoms in total. The van der Waals surface area contributed by atoms with Gasteiger partial charge in [-0.15, -0.1) is 6.42 Å². The number of Topliss-reactive ketones (excluding diaryl/α,β-unsaturated/α-hetero) is 1. The van der Waals surface area contributed by atoms with E-state index in [1.807, 2.05) is 18.2 Å². The van der Waals surface area contributed by atoms with Crippen LogP contribution in [-0.2, 0) is 6.42 Å². The molecule has 0 saturated heterocycles. The molecule has 2 rings (SSSR count). The number of ketones is 1. The van der Waals surface area contributed by atoms with Crippen molar-refractivity contribution < 1.29 is 4.79 Å². The Bertz CT molecular complexity index is 382. The lowest BCUT2D eigenvalue weighted by Gasteiger charge is -1.96. The normalized spacial score (nSPS) is 14.1. The van der Waals surface area contributed by atoms with E-state index in [0.717, 1.165) is 23.1 Å². The second-order valence-electron chi connectivity index (χ2n) is 2.94. The van der Waals surface area contributed by atoms with Gasteiger partial charge in [0.25, 0.3) is 0 Å². The van der Waals surface area contributed by atoms with Crippen LogP contribution < -0.4 is 0 Å². The predicted octanol–water partition coefficient (Wildman–Crippen LogP) is 1.80. The van der Waals surface area contributed by atoms with E-state index in [2.05, 4.69) is 5.92 Å². The summed E-state index contributed by atoms with van der Waals surface area (Å²) in [6, 6.07) is 5.65. The molecule has 1 aromatic rings. The highest BCUT2D eigenvalue weighted by Gasteiger charge is 2.18. The molecule has 1 aliphatic carbocycles. The number of rotatable bonds is 0. The monoisotopic (exact) mass is 156 g/mol. The van der Waals surface area contributed by atoms with Crippen LogP contribution in [0, 0.1) is 12.3 Å². The topological polar surface area (TPSA) is 17.1 Å². The summed E-state index contributed by atoms with van der Waals surface area (Å²) in [5.41, 5.74) is 2.76. The lowest BCUT2D eigenvalue weighted by atomic mass is 10.1. The SMILES string of the molecule is C#Cc1ccc2c(c1)C(=O)CC2. The zero-order chi connectivity index (χ0) is 8.55. The third-order valence-electron chi connectivity index (χ3n) is 2.20. The van der Waals surface area contributed by atoms with Crippen LogP contribution in [0.25, 0.3) is 0 Å². The number of hydrogen-bond acceptors (Lipinski definition) is 1. The first kappa shape index (κ1) is 7.12. The summed E-state index contributed by atoms with van der Waals surface area (Å²) in [6.45, 7) is 0. The van der Waals surface area contributed by atoms with E-state index < -0.39 is 0 Å². The van der Waals surface area contributed by atoms with Crippen molar-refractivity contribution in [3.05, 3.63) is 34.9 Å². The summed E-state index contributed by atoms with van der Waals surface area (Å²) in [5.74, 6) is 2.75. The summed E-state index contributed by atoms with van der Waals surface area (Å²) >= 11 is 0. The Morgan fingerprint density at radius 3 is 2.92 bits per heavy atom. The van der Waals surface area contributed by atoms with Gasteiger partial charge in [-0.1, -0.05) is 12.0 Å². The Labute approximate surface area is 71.4 Å². The van der Waals surface area contributed by atoms with Gasteiger partial charge in [0.15, 0.2) is 5.78 Å². The first-order valence-corrected chi connectivity index (χ1v) is 3.94. The minimum atomic E-state index is 0.224. The van der Waals surface area contributed by atoms with Crippen molar-refractivity contribution in [2.24, 2.45) is 0 Å². The molecule has 0 aromatic heterocycles. The van der Waals surface area contributed by atoms with Gasteiger partial charge in [-0.3, -0.25) is 4.79 Å². The van der Waals surface area contributed by atoms with E-state index >= 15 is 0 Å². The van der Waals surface area contributed by atoms with Crippen LogP contribution >= 0.6 is 0 Å². The summed E-state index contributed by atoms with van der Waals surface area (Å²) < 4.78 is 0. The van der Waals surface area contributed by atoms with Crippen LogP contribution in [0.2, 0.25) is 0 Å². The van der Waals surface area contributed by atoms with Crippen molar-refractivity contribution in [3.63, 3.8) is 0 Å². The number of carbonyl (C=O) groups excluding carboxylic acids is 1. The highest BCUT2D eigenvalue weighted by molar-refractivity contribution is 6.00. The third kappa shape index (κ3) is 0.931. The summed E-state index contributed by atoms with van der Waals surface area (Å²) in [6.07, 6.45) is 6.74. The molecule has 0 spiro atoms. The Kier molecular flexibility index (Phi) is 1.48. The van der Waals surface area contributed by atoms with Gasteiger partial charge in [0.1, 0.15) is 0 Å². The standard InChI is InChI=1S/C11H8O/c1-2-8-3-4-9-5-6-11(12)10(9)7-8/h1,3-4,7H,5-6H2. The van der Waals surface area contributed by atoms with E-state index in [0.29, 0.717) is 6.42 Å². The van der Waals surface area contributed by atoms with Crippen LogP contribution in [0.4, 0.5) is 0 Å². The number of carbonyl (C=O) groups is 1. The number of aryl methyl sites for hydroxylation is 1. The van der Waals surface area contributed by atoms with Crippen molar-refractivity contribution in [1.29, 1.82) is 0 Å². The van der Waals surface area contributed by atoms with Gasteiger partial charge in [0.2, 0.25) is 0 Å². The average Bonchev–Trinajstić information content (AvgIpc) is 2.47. The molecule has 1 aliphatic rings. The van der Waals surface area contributed by atoms with Gasteiger partial charge in [-0.05, 0) is 24.1 Å². The molecule has 0 unspecified atom stereocenters. The van der Waals surface area contributed by atoms with Crippen molar-refractivity contribution in [2.75, 3.05) is 0 Å². The van der Waals surface area contributed by atoms with Crippen LogP contribution in [-0.4, -0.2) is 5.78 Å². The number of hydrogen-bond donors (Lipinski definition) is 0. The third-order valence-corrected chi connectivity index (χ3v) is 2.20. The van der Waals surface area contributed by atoms with Crippen LogP contribution in [0.5, 0.6) is 0 Å². The van der Waals surface area contributed by atoms with Gasteiger partial charge in [0.05, 0.1) is 0 Å². The Morgan fingerprint density at radius 1 is 1.33 bits per heavy atom. The molecule has 0 fully saturated rings. The van der Waals surface area contributed by atoms with Gasteiger partial charge in [-0.2, -0.15) is 0 Å². The van der Waals surface area contributed by atoms with Crippen molar-refractivity contribution in [2.45, 2.75) is 12.8 Å². The average molecular weight is 156 g/mol. The van der Waals surface area contributed by atoms with Crippen LogP contribution in [0.1, 0.15) is 27.9 Å². The second-order valence-corrected chi connectivity index (χ2v) is 2.94. The van der Waals surface area contributed by atoms with Crippen molar-refractivity contribution in [1.82, 2.24) is 0 Å². The molecule has 1 aromatic carbocycles. The molecule has 0 aliphatic heterocycles. The van der Waals surface area contributed by atoms with Gasteiger partial charge in [0, 0.05) is 17.5 Å². The largest absolute Gasteiger partial charge is 0.294 e. The van der Waals surface area contributed by atoms with Crippen molar-refractivity contribution >= 4 is 5.78 Å². The molecule has 12 heavy (non-hydrogen) atoms. The summed E-state index contributed by atoms with van der Waals surface area (Å²) in [5, 5.41) is 0. The molecular weight excluding hydrogens is 148 g/mol. The molecule has 58 valence electrons. The predicted molar refractivity (Wildman–Crippen MR) is 47.0 cm³/mol. The molecule has 0 atom stereocenters. The number of fused-ring (bicyclic) bond motifs is 1. The van der Waals surface area contributed by atoms with E-state index in [9.17, 15) is 4.79 Å². The number of benzene rings is 1.